The summed E-state index contributed by atoms with van der Waals surface area (Å²) in [5.41, 5.74) is 3.11. The molecule has 4 rings (SSSR count). The minimum absolute atomic E-state index is 0.576. The minimum Gasteiger partial charge on any atom is -0.0845 e. The molecule has 0 aromatic carbocycles. The first kappa shape index (κ1) is 21.0. The Morgan fingerprint density at radius 3 is 2.61 bits per heavy atom. The smallest absolute Gasteiger partial charge is 0.00853 e. The Morgan fingerprint density at radius 2 is 1.86 bits per heavy atom. The molecule has 4 aliphatic rings. The quantitative estimate of drug-likeness (QED) is 0.401. The van der Waals surface area contributed by atoms with Crippen molar-refractivity contribution in [1.29, 1.82) is 0 Å². The zero-order valence-corrected chi connectivity index (χ0v) is 19.7. The first-order valence-corrected chi connectivity index (χ1v) is 13.1. The molecule has 0 heteroatoms. The lowest BCUT2D eigenvalue weighted by Gasteiger charge is -2.57. The highest BCUT2D eigenvalue weighted by Crippen LogP contribution is 2.66. The second-order valence-electron chi connectivity index (χ2n) is 12.1. The van der Waals surface area contributed by atoms with E-state index in [0.29, 0.717) is 10.8 Å². The lowest BCUT2D eigenvalue weighted by atomic mass is 9.47. The van der Waals surface area contributed by atoms with Gasteiger partial charge < -0.3 is 0 Å². The maximum atomic E-state index is 2.74. The molecule has 0 aliphatic heterocycles. The van der Waals surface area contributed by atoms with Crippen LogP contribution in [0.3, 0.4) is 0 Å². The highest BCUT2D eigenvalue weighted by atomic mass is 14.6. The third-order valence-electron chi connectivity index (χ3n) is 10.8. The topological polar surface area (TPSA) is 0 Å². The van der Waals surface area contributed by atoms with Crippen LogP contribution >= 0.6 is 0 Å². The van der Waals surface area contributed by atoms with Crippen LogP contribution in [0.25, 0.3) is 0 Å². The van der Waals surface area contributed by atoms with Crippen LogP contribution in [-0.2, 0) is 0 Å². The molecule has 4 aliphatic carbocycles. The molecule has 0 bridgehead atoms. The van der Waals surface area contributed by atoms with Gasteiger partial charge in [-0.25, -0.2) is 0 Å². The highest BCUT2D eigenvalue weighted by molar-refractivity contribution is 5.24. The van der Waals surface area contributed by atoms with Crippen LogP contribution in [0.5, 0.6) is 0 Å². The summed E-state index contributed by atoms with van der Waals surface area (Å²) in [7, 11) is 0. The fraction of sp³-hybridized carbons (Fsp3) is 0.929. The highest BCUT2D eigenvalue weighted by Gasteiger charge is 2.57. The SMILES string of the molecule is CCC(CCCC1CCC2C3CC=C4CCCCC4(C)C3CCC12C)C(C)C. The molecule has 0 heterocycles. The summed E-state index contributed by atoms with van der Waals surface area (Å²) in [6, 6.07) is 0. The second-order valence-corrected chi connectivity index (χ2v) is 12.1. The molecule has 3 fully saturated rings. The van der Waals surface area contributed by atoms with Crippen molar-refractivity contribution in [2.24, 2.45) is 46.3 Å². The molecule has 0 aromatic heterocycles. The first-order chi connectivity index (χ1) is 13.4. The number of hydrogen-bond donors (Lipinski definition) is 0. The van der Waals surface area contributed by atoms with E-state index >= 15 is 0 Å². The maximum absolute atomic E-state index is 2.74. The summed E-state index contributed by atoms with van der Waals surface area (Å²) in [6.07, 6.45) is 22.0. The van der Waals surface area contributed by atoms with E-state index in [-0.39, 0.29) is 0 Å². The van der Waals surface area contributed by atoms with E-state index in [1.165, 1.54) is 77.0 Å². The van der Waals surface area contributed by atoms with Gasteiger partial charge in [-0.2, -0.15) is 0 Å². The van der Waals surface area contributed by atoms with Crippen molar-refractivity contribution in [3.05, 3.63) is 11.6 Å². The van der Waals surface area contributed by atoms with E-state index in [1.54, 1.807) is 6.42 Å². The number of allylic oxidation sites excluding steroid dienone is 2. The predicted octanol–water partition coefficient (Wildman–Crippen LogP) is 8.81. The van der Waals surface area contributed by atoms with Gasteiger partial charge in [-0.3, -0.25) is 0 Å². The van der Waals surface area contributed by atoms with E-state index in [9.17, 15) is 0 Å². The first-order valence-electron chi connectivity index (χ1n) is 13.1. The van der Waals surface area contributed by atoms with Crippen molar-refractivity contribution in [2.75, 3.05) is 0 Å². The van der Waals surface area contributed by atoms with Crippen molar-refractivity contribution in [3.63, 3.8) is 0 Å². The van der Waals surface area contributed by atoms with Gasteiger partial charge in [0.25, 0.3) is 0 Å². The van der Waals surface area contributed by atoms with Crippen LogP contribution in [0, 0.1) is 46.3 Å². The Kier molecular flexibility index (Phi) is 6.08. The van der Waals surface area contributed by atoms with Crippen LogP contribution in [0.2, 0.25) is 0 Å². The number of rotatable bonds is 6. The minimum atomic E-state index is 0.576. The fourth-order valence-electron chi connectivity index (χ4n) is 8.92. The van der Waals surface area contributed by atoms with E-state index in [0.717, 1.165) is 35.5 Å². The van der Waals surface area contributed by atoms with Crippen molar-refractivity contribution < 1.29 is 0 Å². The molecule has 28 heavy (non-hydrogen) atoms. The monoisotopic (exact) mass is 384 g/mol. The molecule has 0 radical (unpaired) electrons. The van der Waals surface area contributed by atoms with Gasteiger partial charge in [0.1, 0.15) is 0 Å². The lowest BCUT2D eigenvalue weighted by molar-refractivity contribution is -0.0426. The molecule has 0 aromatic rings. The molecule has 7 unspecified atom stereocenters. The zero-order chi connectivity index (χ0) is 19.9. The summed E-state index contributed by atoms with van der Waals surface area (Å²) in [4.78, 5) is 0. The number of hydrogen-bond acceptors (Lipinski definition) is 0. The van der Waals surface area contributed by atoms with E-state index in [1.807, 2.05) is 5.57 Å². The fourth-order valence-corrected chi connectivity index (χ4v) is 8.92. The van der Waals surface area contributed by atoms with Crippen LogP contribution in [-0.4, -0.2) is 0 Å². The Hall–Kier alpha value is -0.260. The Balaban J connectivity index is 1.43. The van der Waals surface area contributed by atoms with Gasteiger partial charge in [0, 0.05) is 0 Å². The molecular weight excluding hydrogens is 336 g/mol. The van der Waals surface area contributed by atoms with Crippen molar-refractivity contribution >= 4 is 0 Å². The summed E-state index contributed by atoms with van der Waals surface area (Å²) in [6.45, 7) is 12.7. The summed E-state index contributed by atoms with van der Waals surface area (Å²) in [5, 5.41) is 0. The summed E-state index contributed by atoms with van der Waals surface area (Å²) in [5.74, 6) is 5.89. The van der Waals surface area contributed by atoms with Crippen LogP contribution < -0.4 is 0 Å². The largest absolute Gasteiger partial charge is 0.0845 e. The van der Waals surface area contributed by atoms with Gasteiger partial charge in [0.15, 0.2) is 0 Å². The molecule has 3 saturated carbocycles. The molecule has 160 valence electrons. The zero-order valence-electron chi connectivity index (χ0n) is 19.7. The molecule has 0 amide bonds. The van der Waals surface area contributed by atoms with Gasteiger partial charge in [0.2, 0.25) is 0 Å². The van der Waals surface area contributed by atoms with Crippen molar-refractivity contribution in [3.8, 4) is 0 Å². The van der Waals surface area contributed by atoms with Gasteiger partial charge >= 0.3 is 0 Å². The van der Waals surface area contributed by atoms with Crippen LogP contribution in [0.4, 0.5) is 0 Å². The molecule has 0 spiro atoms. The summed E-state index contributed by atoms with van der Waals surface area (Å²) >= 11 is 0. The Morgan fingerprint density at radius 1 is 1.04 bits per heavy atom. The molecule has 0 nitrogen and oxygen atoms in total. The maximum Gasteiger partial charge on any atom is -0.00853 e. The van der Waals surface area contributed by atoms with Gasteiger partial charge in [-0.05, 0) is 104 Å². The average Bonchev–Trinajstić information content (AvgIpc) is 3.01. The van der Waals surface area contributed by atoms with Gasteiger partial charge in [-0.1, -0.05) is 72.0 Å². The third-order valence-corrected chi connectivity index (χ3v) is 10.8. The normalized spacial score (nSPS) is 43.9. The summed E-state index contributed by atoms with van der Waals surface area (Å²) < 4.78 is 0. The molecule has 0 N–H and O–H groups in total. The number of fused-ring (bicyclic) bond motifs is 5. The van der Waals surface area contributed by atoms with Crippen LogP contribution in [0.1, 0.15) is 118 Å². The Bertz CT molecular complexity index is 571. The van der Waals surface area contributed by atoms with E-state index in [4.69, 9.17) is 0 Å². The van der Waals surface area contributed by atoms with Gasteiger partial charge in [0.05, 0.1) is 0 Å². The second kappa shape index (κ2) is 8.11. The van der Waals surface area contributed by atoms with E-state index < -0.39 is 0 Å². The molecular formula is C28H48. The van der Waals surface area contributed by atoms with Gasteiger partial charge in [-0.15, -0.1) is 0 Å². The van der Waals surface area contributed by atoms with Crippen molar-refractivity contribution in [2.45, 2.75) is 118 Å². The Labute approximate surface area is 176 Å². The van der Waals surface area contributed by atoms with Crippen molar-refractivity contribution in [1.82, 2.24) is 0 Å². The standard InChI is InChI=1S/C28H48/c1-6-21(20(2)3)10-9-12-23-14-16-25-24-15-13-22-11-7-8-18-27(22,4)26(24)17-19-28(23,25)5/h13,20-21,23-26H,6-12,14-19H2,1-5H3. The molecule has 7 atom stereocenters. The molecule has 0 saturated heterocycles. The lowest BCUT2D eigenvalue weighted by Crippen LogP contribution is -2.49. The average molecular weight is 385 g/mol. The van der Waals surface area contributed by atoms with Crippen LogP contribution in [0.15, 0.2) is 11.6 Å². The van der Waals surface area contributed by atoms with E-state index in [2.05, 4.69) is 40.7 Å². The predicted molar refractivity (Wildman–Crippen MR) is 122 cm³/mol. The third kappa shape index (κ3) is 3.43.